The maximum Gasteiger partial charge on any atom is 0.223 e. The highest BCUT2D eigenvalue weighted by molar-refractivity contribution is 5.79. The first-order chi connectivity index (χ1) is 9.52. The zero-order valence-electron chi connectivity index (χ0n) is 11.5. The number of amides is 1. The number of benzene rings is 1. The number of hydrogen-bond donors (Lipinski definition) is 2. The summed E-state index contributed by atoms with van der Waals surface area (Å²) >= 11 is 0. The predicted molar refractivity (Wildman–Crippen MR) is 72.8 cm³/mol. The lowest BCUT2D eigenvalue weighted by atomic mass is 9.94. The van der Waals surface area contributed by atoms with Gasteiger partial charge in [0.2, 0.25) is 5.91 Å². The monoisotopic (exact) mass is 282 g/mol. The molecule has 20 heavy (non-hydrogen) atoms. The van der Waals surface area contributed by atoms with Crippen LogP contribution >= 0.6 is 0 Å². The minimum absolute atomic E-state index is 0.0887. The number of hydrogen-bond acceptors (Lipinski definition) is 2. The number of nitrogens with two attached hydrogens (primary N) is 1. The number of rotatable bonds is 4. The quantitative estimate of drug-likeness (QED) is 0.891. The molecular weight excluding hydrogens is 262 g/mol. The van der Waals surface area contributed by atoms with Gasteiger partial charge in [-0.3, -0.25) is 4.79 Å². The van der Waals surface area contributed by atoms with E-state index in [1.54, 1.807) is 6.92 Å². The van der Waals surface area contributed by atoms with Crippen molar-refractivity contribution in [3.05, 3.63) is 35.4 Å². The molecule has 1 fully saturated rings. The maximum atomic E-state index is 13.7. The van der Waals surface area contributed by atoms with Gasteiger partial charge in [-0.2, -0.15) is 0 Å². The molecule has 1 aliphatic carbocycles. The average molecular weight is 282 g/mol. The summed E-state index contributed by atoms with van der Waals surface area (Å²) in [6.07, 6.45) is 2.79. The van der Waals surface area contributed by atoms with E-state index in [4.69, 9.17) is 5.73 Å². The Hall–Kier alpha value is -1.49. The number of carbonyl (C=O) groups is 1. The fraction of sp³-hybridized carbons (Fsp3) is 0.533. The van der Waals surface area contributed by atoms with Crippen LogP contribution in [0, 0.1) is 23.5 Å². The fourth-order valence-corrected chi connectivity index (χ4v) is 2.91. The Kier molecular flexibility index (Phi) is 4.70. The molecule has 1 unspecified atom stereocenters. The van der Waals surface area contributed by atoms with Gasteiger partial charge in [0.05, 0.1) is 6.04 Å². The predicted octanol–water partition coefficient (Wildman–Crippen LogP) is 2.52. The Labute approximate surface area is 117 Å². The van der Waals surface area contributed by atoms with Crippen molar-refractivity contribution in [1.82, 2.24) is 5.32 Å². The normalized spacial score (nSPS) is 23.6. The van der Waals surface area contributed by atoms with Crippen LogP contribution in [0.4, 0.5) is 8.78 Å². The van der Waals surface area contributed by atoms with Crippen LogP contribution in [0.15, 0.2) is 18.2 Å². The van der Waals surface area contributed by atoms with Gasteiger partial charge in [0.25, 0.3) is 0 Å². The molecule has 1 aromatic carbocycles. The molecule has 3 atom stereocenters. The Morgan fingerprint density at radius 3 is 2.85 bits per heavy atom. The third-order valence-electron chi connectivity index (χ3n) is 4.09. The summed E-state index contributed by atoms with van der Waals surface area (Å²) in [4.78, 5) is 12.2. The molecule has 1 amide bonds. The third-order valence-corrected chi connectivity index (χ3v) is 4.09. The molecule has 0 spiro atoms. The Balaban J connectivity index is 2.03. The van der Waals surface area contributed by atoms with Gasteiger partial charge in [-0.05, 0) is 38.3 Å². The van der Waals surface area contributed by atoms with Crippen LogP contribution in [0.5, 0.6) is 0 Å². The van der Waals surface area contributed by atoms with Gasteiger partial charge in [-0.25, -0.2) is 8.78 Å². The van der Waals surface area contributed by atoms with E-state index in [2.05, 4.69) is 5.32 Å². The molecule has 2 rings (SSSR count). The summed E-state index contributed by atoms with van der Waals surface area (Å²) in [6, 6.07) is 2.90. The lowest BCUT2D eigenvalue weighted by Gasteiger charge is -2.21. The van der Waals surface area contributed by atoms with E-state index in [0.717, 1.165) is 25.3 Å². The molecule has 3 N–H and O–H groups in total. The zero-order chi connectivity index (χ0) is 14.7. The standard InChI is InChI=1S/C15H20F2N2O/c1-9(12-6-5-11(16)7-14(12)17)19-15(20)13-4-2-3-10(13)8-18/h5-7,9-10,13H,2-4,8,18H2,1H3,(H,19,20)/t9?,10-,13-/m1/s1. The molecule has 0 aromatic heterocycles. The first-order valence-corrected chi connectivity index (χ1v) is 6.98. The average Bonchev–Trinajstić information content (AvgIpc) is 2.86. The molecule has 0 heterocycles. The molecule has 1 aromatic rings. The molecule has 0 radical (unpaired) electrons. The van der Waals surface area contributed by atoms with E-state index in [1.807, 2.05) is 0 Å². The largest absolute Gasteiger partial charge is 0.349 e. The van der Waals surface area contributed by atoms with Gasteiger partial charge in [-0.15, -0.1) is 0 Å². The highest BCUT2D eigenvalue weighted by Gasteiger charge is 2.32. The van der Waals surface area contributed by atoms with E-state index in [1.165, 1.54) is 12.1 Å². The summed E-state index contributed by atoms with van der Waals surface area (Å²) in [6.45, 7) is 2.19. The first kappa shape index (κ1) is 14.9. The third kappa shape index (κ3) is 3.15. The van der Waals surface area contributed by atoms with Gasteiger partial charge in [0.15, 0.2) is 0 Å². The van der Waals surface area contributed by atoms with E-state index in [9.17, 15) is 13.6 Å². The highest BCUT2D eigenvalue weighted by atomic mass is 19.1. The van der Waals surface area contributed by atoms with Crippen LogP contribution in [-0.2, 0) is 4.79 Å². The van der Waals surface area contributed by atoms with E-state index < -0.39 is 17.7 Å². The van der Waals surface area contributed by atoms with Crippen LogP contribution in [0.3, 0.4) is 0 Å². The van der Waals surface area contributed by atoms with Crippen LogP contribution in [0.25, 0.3) is 0 Å². The second-order valence-corrected chi connectivity index (χ2v) is 5.43. The van der Waals surface area contributed by atoms with Gasteiger partial charge >= 0.3 is 0 Å². The molecule has 0 bridgehead atoms. The highest BCUT2D eigenvalue weighted by Crippen LogP contribution is 2.31. The molecule has 0 saturated heterocycles. The fourth-order valence-electron chi connectivity index (χ4n) is 2.91. The Bertz CT molecular complexity index is 493. The minimum atomic E-state index is -0.639. The number of halogens is 2. The second-order valence-electron chi connectivity index (χ2n) is 5.43. The van der Waals surface area contributed by atoms with E-state index in [0.29, 0.717) is 12.1 Å². The van der Waals surface area contributed by atoms with Gasteiger partial charge in [0.1, 0.15) is 11.6 Å². The number of nitrogens with one attached hydrogen (secondary N) is 1. The summed E-state index contributed by atoms with van der Waals surface area (Å²) in [5, 5.41) is 2.81. The minimum Gasteiger partial charge on any atom is -0.349 e. The summed E-state index contributed by atoms with van der Waals surface area (Å²) in [5.74, 6) is -1.23. The Morgan fingerprint density at radius 2 is 2.20 bits per heavy atom. The summed E-state index contributed by atoms with van der Waals surface area (Å²) < 4.78 is 26.5. The SMILES string of the molecule is CC(NC(=O)[C@@H]1CCC[C@@H]1CN)c1ccc(F)cc1F. The Morgan fingerprint density at radius 1 is 1.45 bits per heavy atom. The first-order valence-electron chi connectivity index (χ1n) is 6.98. The molecule has 110 valence electrons. The lowest BCUT2D eigenvalue weighted by Crippen LogP contribution is -2.36. The van der Waals surface area contributed by atoms with Crippen molar-refractivity contribution >= 4 is 5.91 Å². The van der Waals surface area contributed by atoms with Crippen LogP contribution < -0.4 is 11.1 Å². The molecule has 5 heteroatoms. The summed E-state index contributed by atoms with van der Waals surface area (Å²) in [7, 11) is 0. The molecular formula is C15H20F2N2O. The maximum absolute atomic E-state index is 13.7. The van der Waals surface area contributed by atoms with Crippen LogP contribution in [-0.4, -0.2) is 12.5 Å². The van der Waals surface area contributed by atoms with Crippen molar-refractivity contribution in [2.75, 3.05) is 6.54 Å². The zero-order valence-corrected chi connectivity index (χ0v) is 11.5. The smallest absolute Gasteiger partial charge is 0.223 e. The number of carbonyl (C=O) groups excluding carboxylic acids is 1. The van der Waals surface area contributed by atoms with Crippen molar-refractivity contribution < 1.29 is 13.6 Å². The van der Waals surface area contributed by atoms with Gasteiger partial charge in [-0.1, -0.05) is 12.5 Å². The van der Waals surface area contributed by atoms with Crippen LogP contribution in [0.1, 0.15) is 37.8 Å². The van der Waals surface area contributed by atoms with Crippen LogP contribution in [0.2, 0.25) is 0 Å². The van der Waals surface area contributed by atoms with Crippen molar-refractivity contribution in [2.45, 2.75) is 32.2 Å². The molecule has 1 saturated carbocycles. The molecule has 0 aliphatic heterocycles. The molecule has 1 aliphatic rings. The van der Waals surface area contributed by atoms with Crippen molar-refractivity contribution in [3.8, 4) is 0 Å². The van der Waals surface area contributed by atoms with Gasteiger partial charge in [0, 0.05) is 17.5 Å². The van der Waals surface area contributed by atoms with Crippen molar-refractivity contribution in [3.63, 3.8) is 0 Å². The lowest BCUT2D eigenvalue weighted by molar-refractivity contribution is -0.126. The van der Waals surface area contributed by atoms with E-state index in [-0.39, 0.29) is 17.7 Å². The molecule has 3 nitrogen and oxygen atoms in total. The second kappa shape index (κ2) is 6.31. The summed E-state index contributed by atoms with van der Waals surface area (Å²) in [5.41, 5.74) is 5.96. The van der Waals surface area contributed by atoms with E-state index >= 15 is 0 Å². The van der Waals surface area contributed by atoms with Gasteiger partial charge < -0.3 is 11.1 Å². The van der Waals surface area contributed by atoms with Crippen molar-refractivity contribution in [1.29, 1.82) is 0 Å². The topological polar surface area (TPSA) is 55.1 Å². The van der Waals surface area contributed by atoms with Crippen molar-refractivity contribution in [2.24, 2.45) is 17.6 Å².